The number of benzene rings is 1. The standard InChI is InChI=1S/C23H29N7O3/c1-28-7-5-15-9-20(33-2)19(8-16(15)12-28)26-23-24-10-17-11-25-30(22(17)27-23)13-18-4-3-6-29(18)21(32)14-31/h8-11,18,31H,3-7,12-14H2,1-2H3,(H,24,26,27)/t18-/m0/s1. The third-order valence-electron chi connectivity index (χ3n) is 6.56. The molecule has 0 radical (unpaired) electrons. The van der Waals surface area contributed by atoms with Crippen LogP contribution in [0.3, 0.4) is 0 Å². The molecule has 174 valence electrons. The number of ether oxygens (including phenoxy) is 1. The molecule has 10 heteroatoms. The maximum absolute atomic E-state index is 12.1. The molecule has 4 heterocycles. The number of amides is 1. The summed E-state index contributed by atoms with van der Waals surface area (Å²) < 4.78 is 7.45. The molecule has 1 aromatic carbocycles. The number of methoxy groups -OCH3 is 1. The number of hydrogen-bond acceptors (Lipinski definition) is 8. The van der Waals surface area contributed by atoms with E-state index in [4.69, 9.17) is 9.72 Å². The first kappa shape index (κ1) is 21.6. The lowest BCUT2D eigenvalue weighted by molar-refractivity contribution is -0.135. The van der Waals surface area contributed by atoms with Crippen LogP contribution in [0.1, 0.15) is 24.0 Å². The highest BCUT2D eigenvalue weighted by atomic mass is 16.5. The van der Waals surface area contributed by atoms with Crippen molar-refractivity contribution in [3.63, 3.8) is 0 Å². The number of likely N-dealkylation sites (N-methyl/N-ethyl adjacent to an activating group) is 1. The van der Waals surface area contributed by atoms with Gasteiger partial charge >= 0.3 is 0 Å². The Hall–Kier alpha value is -3.24. The highest BCUT2D eigenvalue weighted by Crippen LogP contribution is 2.33. The Kier molecular flexibility index (Phi) is 5.86. The van der Waals surface area contributed by atoms with Gasteiger partial charge in [-0.05, 0) is 49.6 Å². The number of carbonyl (C=O) groups is 1. The largest absolute Gasteiger partial charge is 0.495 e. The molecule has 1 fully saturated rings. The van der Waals surface area contributed by atoms with Gasteiger partial charge in [-0.3, -0.25) is 4.79 Å². The van der Waals surface area contributed by atoms with Gasteiger partial charge in [-0.2, -0.15) is 10.1 Å². The predicted octanol–water partition coefficient (Wildman–Crippen LogP) is 1.55. The summed E-state index contributed by atoms with van der Waals surface area (Å²) >= 11 is 0. The van der Waals surface area contributed by atoms with E-state index in [0.717, 1.165) is 49.2 Å². The summed E-state index contributed by atoms with van der Waals surface area (Å²) in [7, 11) is 3.79. The van der Waals surface area contributed by atoms with Crippen LogP contribution >= 0.6 is 0 Å². The van der Waals surface area contributed by atoms with Crippen molar-refractivity contribution >= 4 is 28.6 Å². The number of aromatic nitrogens is 4. The Morgan fingerprint density at radius 1 is 1.27 bits per heavy atom. The van der Waals surface area contributed by atoms with Crippen LogP contribution in [0.5, 0.6) is 5.75 Å². The lowest BCUT2D eigenvalue weighted by Gasteiger charge is -2.26. The van der Waals surface area contributed by atoms with E-state index in [1.54, 1.807) is 24.4 Å². The number of rotatable bonds is 6. The van der Waals surface area contributed by atoms with Crippen LogP contribution in [0.15, 0.2) is 24.5 Å². The summed E-state index contributed by atoms with van der Waals surface area (Å²) in [6.45, 7) is 2.66. The fourth-order valence-corrected chi connectivity index (χ4v) is 4.82. The quantitative estimate of drug-likeness (QED) is 0.581. The monoisotopic (exact) mass is 451 g/mol. The Bertz CT molecular complexity index is 1180. The number of nitrogens with zero attached hydrogens (tertiary/aromatic N) is 6. The molecule has 5 rings (SSSR count). The predicted molar refractivity (Wildman–Crippen MR) is 123 cm³/mol. The maximum Gasteiger partial charge on any atom is 0.248 e. The zero-order valence-corrected chi connectivity index (χ0v) is 19.0. The molecule has 2 aliphatic heterocycles. The second kappa shape index (κ2) is 8.95. The summed E-state index contributed by atoms with van der Waals surface area (Å²) in [5.74, 6) is 0.983. The first-order valence-corrected chi connectivity index (χ1v) is 11.3. The second-order valence-electron chi connectivity index (χ2n) is 8.77. The first-order valence-electron chi connectivity index (χ1n) is 11.3. The molecular weight excluding hydrogens is 422 g/mol. The molecule has 10 nitrogen and oxygen atoms in total. The number of hydrogen-bond donors (Lipinski definition) is 2. The Morgan fingerprint density at radius 3 is 2.97 bits per heavy atom. The topological polar surface area (TPSA) is 109 Å². The Morgan fingerprint density at radius 2 is 2.15 bits per heavy atom. The number of aliphatic hydroxyl groups excluding tert-OH is 1. The van der Waals surface area contributed by atoms with Gasteiger partial charge in [0.15, 0.2) is 5.65 Å². The molecule has 0 saturated carbocycles. The van der Waals surface area contributed by atoms with Crippen LogP contribution in [0.25, 0.3) is 11.0 Å². The fourth-order valence-electron chi connectivity index (χ4n) is 4.82. The molecule has 1 saturated heterocycles. The van der Waals surface area contributed by atoms with Crippen molar-refractivity contribution in [1.29, 1.82) is 0 Å². The third kappa shape index (κ3) is 4.23. The third-order valence-corrected chi connectivity index (χ3v) is 6.56. The van der Waals surface area contributed by atoms with E-state index in [0.29, 0.717) is 24.7 Å². The summed E-state index contributed by atoms with van der Waals surface area (Å²) in [4.78, 5) is 25.3. The van der Waals surface area contributed by atoms with Crippen LogP contribution in [-0.2, 0) is 24.3 Å². The Labute approximate surface area is 192 Å². The van der Waals surface area contributed by atoms with E-state index in [9.17, 15) is 9.90 Å². The molecule has 2 aliphatic rings. The van der Waals surface area contributed by atoms with Crippen molar-refractivity contribution < 1.29 is 14.6 Å². The summed E-state index contributed by atoms with van der Waals surface area (Å²) in [6, 6.07) is 4.21. The van der Waals surface area contributed by atoms with E-state index < -0.39 is 6.61 Å². The number of fused-ring (bicyclic) bond motifs is 2. The molecule has 3 aromatic rings. The lowest BCUT2D eigenvalue weighted by atomic mass is 9.99. The van der Waals surface area contributed by atoms with Crippen molar-refractivity contribution in [2.45, 2.75) is 38.4 Å². The molecule has 2 aromatic heterocycles. The van der Waals surface area contributed by atoms with Crippen molar-refractivity contribution in [2.75, 3.05) is 39.2 Å². The maximum atomic E-state index is 12.1. The number of anilines is 2. The summed E-state index contributed by atoms with van der Waals surface area (Å²) in [5.41, 5.74) is 4.11. The van der Waals surface area contributed by atoms with Crippen LogP contribution in [0.4, 0.5) is 11.6 Å². The van der Waals surface area contributed by atoms with Gasteiger partial charge in [-0.25, -0.2) is 9.67 Å². The van der Waals surface area contributed by atoms with Crippen molar-refractivity contribution in [2.24, 2.45) is 0 Å². The van der Waals surface area contributed by atoms with Crippen LogP contribution in [-0.4, -0.2) is 80.5 Å². The summed E-state index contributed by atoms with van der Waals surface area (Å²) in [6.07, 6.45) is 6.29. The number of aliphatic hydroxyl groups is 1. The average molecular weight is 452 g/mol. The van der Waals surface area contributed by atoms with Gasteiger partial charge in [0.1, 0.15) is 12.4 Å². The fraction of sp³-hybridized carbons (Fsp3) is 0.478. The molecule has 33 heavy (non-hydrogen) atoms. The van der Waals surface area contributed by atoms with Gasteiger partial charge in [0, 0.05) is 25.8 Å². The van der Waals surface area contributed by atoms with Crippen molar-refractivity contribution in [3.8, 4) is 5.75 Å². The van der Waals surface area contributed by atoms with Gasteiger partial charge in [-0.1, -0.05) is 0 Å². The number of likely N-dealkylation sites (tertiary alicyclic amines) is 1. The average Bonchev–Trinajstić information content (AvgIpc) is 3.45. The van der Waals surface area contributed by atoms with Gasteiger partial charge in [0.25, 0.3) is 0 Å². The highest BCUT2D eigenvalue weighted by Gasteiger charge is 2.29. The highest BCUT2D eigenvalue weighted by molar-refractivity contribution is 5.78. The molecule has 1 atom stereocenters. The molecule has 0 bridgehead atoms. The van der Waals surface area contributed by atoms with Gasteiger partial charge < -0.3 is 25.0 Å². The lowest BCUT2D eigenvalue weighted by Crippen LogP contribution is -2.39. The number of nitrogens with one attached hydrogen (secondary N) is 1. The molecule has 2 N–H and O–H groups in total. The normalized spacial score (nSPS) is 18.5. The van der Waals surface area contributed by atoms with Crippen LogP contribution in [0.2, 0.25) is 0 Å². The zero-order chi connectivity index (χ0) is 22.9. The molecule has 1 amide bonds. The van der Waals surface area contributed by atoms with E-state index in [1.807, 2.05) is 4.68 Å². The van der Waals surface area contributed by atoms with Crippen LogP contribution in [0, 0.1) is 0 Å². The van der Waals surface area contributed by atoms with E-state index in [2.05, 4.69) is 39.5 Å². The van der Waals surface area contributed by atoms with E-state index in [-0.39, 0.29) is 11.9 Å². The molecule has 0 spiro atoms. The summed E-state index contributed by atoms with van der Waals surface area (Å²) in [5, 5.41) is 17.9. The van der Waals surface area contributed by atoms with Crippen molar-refractivity contribution in [3.05, 3.63) is 35.7 Å². The minimum Gasteiger partial charge on any atom is -0.495 e. The number of carbonyl (C=O) groups excluding carboxylic acids is 1. The van der Waals surface area contributed by atoms with Gasteiger partial charge in [-0.15, -0.1) is 0 Å². The molecule has 0 unspecified atom stereocenters. The van der Waals surface area contributed by atoms with Gasteiger partial charge in [0.2, 0.25) is 11.9 Å². The zero-order valence-electron chi connectivity index (χ0n) is 19.0. The SMILES string of the molecule is COc1cc2c(cc1Nc1ncc3cnn(C[C@@H]4CCCN4C(=O)CO)c3n1)CN(C)CC2. The second-order valence-corrected chi connectivity index (χ2v) is 8.77. The minimum atomic E-state index is -0.467. The van der Waals surface area contributed by atoms with Crippen LogP contribution < -0.4 is 10.1 Å². The molecule has 0 aliphatic carbocycles. The smallest absolute Gasteiger partial charge is 0.248 e. The van der Waals surface area contributed by atoms with Crippen molar-refractivity contribution in [1.82, 2.24) is 29.5 Å². The van der Waals surface area contributed by atoms with E-state index in [1.165, 1.54) is 11.1 Å². The molecular formula is C23H29N7O3. The van der Waals surface area contributed by atoms with Gasteiger partial charge in [0.05, 0.1) is 37.0 Å². The van der Waals surface area contributed by atoms with E-state index >= 15 is 0 Å². The first-order chi connectivity index (χ1) is 16.1. The Balaban J connectivity index is 1.41. The minimum absolute atomic E-state index is 0.00291.